The lowest BCUT2D eigenvalue weighted by atomic mass is 10.0. The van der Waals surface area contributed by atoms with E-state index in [9.17, 15) is 9.18 Å². The summed E-state index contributed by atoms with van der Waals surface area (Å²) in [5.74, 6) is -0.00578. The first-order valence-corrected chi connectivity index (χ1v) is 10.2. The minimum absolute atomic E-state index is 0.206. The lowest BCUT2D eigenvalue weighted by molar-refractivity contribution is -0.133. The van der Waals surface area contributed by atoms with Gasteiger partial charge in [-0.3, -0.25) is 9.69 Å². The number of amides is 1. The van der Waals surface area contributed by atoms with E-state index in [0.29, 0.717) is 6.54 Å². The van der Waals surface area contributed by atoms with Crippen LogP contribution in [0.1, 0.15) is 30.0 Å². The summed E-state index contributed by atoms with van der Waals surface area (Å²) < 4.78 is 13.2. The molecule has 0 N–H and O–H groups in total. The van der Waals surface area contributed by atoms with Crippen molar-refractivity contribution in [2.24, 2.45) is 0 Å². The van der Waals surface area contributed by atoms with E-state index in [4.69, 9.17) is 0 Å². The molecule has 0 spiro atoms. The van der Waals surface area contributed by atoms with Crippen molar-refractivity contribution in [1.29, 1.82) is 0 Å². The first kappa shape index (κ1) is 18.9. The molecule has 2 aliphatic rings. The van der Waals surface area contributed by atoms with Crippen LogP contribution in [0.4, 0.5) is 10.1 Å². The molecule has 0 aromatic heterocycles. The van der Waals surface area contributed by atoms with Crippen LogP contribution in [0.25, 0.3) is 0 Å². The van der Waals surface area contributed by atoms with Crippen molar-refractivity contribution < 1.29 is 9.18 Å². The van der Waals surface area contributed by atoms with E-state index in [1.165, 1.54) is 23.4 Å². The quantitative estimate of drug-likeness (QED) is 0.809. The molecule has 28 heavy (non-hydrogen) atoms. The van der Waals surface area contributed by atoms with Crippen molar-refractivity contribution in [3.63, 3.8) is 0 Å². The molecule has 2 aromatic carbocycles. The normalized spacial score (nSPS) is 20.6. The number of piperazine rings is 1. The average Bonchev–Trinajstić information content (AvgIpc) is 3.17. The van der Waals surface area contributed by atoms with Gasteiger partial charge in [0.05, 0.1) is 6.54 Å². The topological polar surface area (TPSA) is 26.8 Å². The fourth-order valence-corrected chi connectivity index (χ4v) is 4.39. The molecule has 1 amide bonds. The summed E-state index contributed by atoms with van der Waals surface area (Å²) >= 11 is 0. The average molecular weight is 381 g/mol. The molecule has 0 radical (unpaired) electrons. The van der Waals surface area contributed by atoms with E-state index < -0.39 is 0 Å². The molecule has 1 atom stereocenters. The standard InChI is InChI=1S/C23H28FN3O/c1-18-4-2-5-21(16-18)25-12-14-26(15-13-25)23(28)17-27-11-3-6-22(27)19-7-9-20(24)10-8-19/h2,4-5,7-10,16,22H,3,6,11-15,17H2,1H3. The van der Waals surface area contributed by atoms with Gasteiger partial charge in [-0.15, -0.1) is 0 Å². The van der Waals surface area contributed by atoms with Crippen molar-refractivity contribution in [2.75, 3.05) is 44.2 Å². The summed E-state index contributed by atoms with van der Waals surface area (Å²) in [7, 11) is 0. The molecule has 2 aliphatic heterocycles. The van der Waals surface area contributed by atoms with Crippen LogP contribution in [0.3, 0.4) is 0 Å². The van der Waals surface area contributed by atoms with E-state index in [2.05, 4.69) is 41.0 Å². The van der Waals surface area contributed by atoms with Gasteiger partial charge in [-0.05, 0) is 61.7 Å². The predicted octanol–water partition coefficient (Wildman–Crippen LogP) is 3.62. The van der Waals surface area contributed by atoms with Crippen LogP contribution < -0.4 is 4.90 Å². The van der Waals surface area contributed by atoms with Gasteiger partial charge in [0.1, 0.15) is 5.82 Å². The van der Waals surface area contributed by atoms with Gasteiger partial charge in [0.15, 0.2) is 0 Å². The van der Waals surface area contributed by atoms with E-state index >= 15 is 0 Å². The zero-order valence-corrected chi connectivity index (χ0v) is 16.5. The summed E-state index contributed by atoms with van der Waals surface area (Å²) in [5, 5.41) is 0. The van der Waals surface area contributed by atoms with Crippen molar-refractivity contribution in [2.45, 2.75) is 25.8 Å². The zero-order valence-electron chi connectivity index (χ0n) is 16.5. The van der Waals surface area contributed by atoms with Crippen molar-refractivity contribution in [3.05, 3.63) is 65.5 Å². The molecular weight excluding hydrogens is 353 g/mol. The number of likely N-dealkylation sites (tertiary alicyclic amines) is 1. The number of halogens is 1. The number of carbonyl (C=O) groups is 1. The minimum atomic E-state index is -0.212. The number of rotatable bonds is 4. The predicted molar refractivity (Wildman–Crippen MR) is 110 cm³/mol. The molecule has 0 saturated carbocycles. The van der Waals surface area contributed by atoms with Crippen LogP contribution in [-0.4, -0.2) is 55.0 Å². The second kappa shape index (κ2) is 8.31. The van der Waals surface area contributed by atoms with Gasteiger partial charge < -0.3 is 9.80 Å². The first-order valence-electron chi connectivity index (χ1n) is 10.2. The largest absolute Gasteiger partial charge is 0.368 e. The summed E-state index contributed by atoms with van der Waals surface area (Å²) in [6.45, 7) is 6.76. The molecule has 148 valence electrons. The Labute approximate surface area is 166 Å². The maximum atomic E-state index is 13.2. The first-order chi connectivity index (χ1) is 13.6. The van der Waals surface area contributed by atoms with Crippen LogP contribution in [0.5, 0.6) is 0 Å². The highest BCUT2D eigenvalue weighted by Gasteiger charge is 2.30. The van der Waals surface area contributed by atoms with Gasteiger partial charge in [0, 0.05) is 37.9 Å². The third kappa shape index (κ3) is 4.20. The molecule has 1 unspecified atom stereocenters. The van der Waals surface area contributed by atoms with Crippen LogP contribution in [0.2, 0.25) is 0 Å². The number of hydrogen-bond acceptors (Lipinski definition) is 3. The Balaban J connectivity index is 1.33. The Hall–Kier alpha value is -2.40. The third-order valence-electron chi connectivity index (χ3n) is 5.96. The molecule has 2 fully saturated rings. The second-order valence-corrected chi connectivity index (χ2v) is 7.89. The molecule has 5 heteroatoms. The Morgan fingerprint density at radius 1 is 1.04 bits per heavy atom. The number of benzene rings is 2. The van der Waals surface area contributed by atoms with Crippen LogP contribution in [0, 0.1) is 12.7 Å². The van der Waals surface area contributed by atoms with E-state index in [1.807, 2.05) is 17.0 Å². The summed E-state index contributed by atoms with van der Waals surface area (Å²) in [4.78, 5) is 19.5. The lowest BCUT2D eigenvalue weighted by Gasteiger charge is -2.37. The fraction of sp³-hybridized carbons (Fsp3) is 0.435. The van der Waals surface area contributed by atoms with Gasteiger partial charge in [-0.25, -0.2) is 4.39 Å². The van der Waals surface area contributed by atoms with E-state index in [-0.39, 0.29) is 17.8 Å². The molecule has 4 nitrogen and oxygen atoms in total. The SMILES string of the molecule is Cc1cccc(N2CCN(C(=O)CN3CCCC3c3ccc(F)cc3)CC2)c1. The van der Waals surface area contributed by atoms with Crippen LogP contribution >= 0.6 is 0 Å². The smallest absolute Gasteiger partial charge is 0.236 e. The Kier molecular flexibility index (Phi) is 5.62. The number of nitrogens with zero attached hydrogens (tertiary/aromatic N) is 3. The second-order valence-electron chi connectivity index (χ2n) is 7.89. The van der Waals surface area contributed by atoms with Gasteiger partial charge in [-0.2, -0.15) is 0 Å². The van der Waals surface area contributed by atoms with Crippen molar-refractivity contribution in [1.82, 2.24) is 9.80 Å². The minimum Gasteiger partial charge on any atom is -0.368 e. The lowest BCUT2D eigenvalue weighted by Crippen LogP contribution is -2.51. The van der Waals surface area contributed by atoms with Gasteiger partial charge in [0.25, 0.3) is 0 Å². The van der Waals surface area contributed by atoms with Crippen molar-refractivity contribution >= 4 is 11.6 Å². The number of hydrogen-bond donors (Lipinski definition) is 0. The molecule has 0 aliphatic carbocycles. The Bertz CT molecular complexity index is 815. The van der Waals surface area contributed by atoms with Gasteiger partial charge in [-0.1, -0.05) is 24.3 Å². The third-order valence-corrected chi connectivity index (χ3v) is 5.96. The molecule has 2 aromatic rings. The number of anilines is 1. The number of aryl methyl sites for hydroxylation is 1. The highest BCUT2D eigenvalue weighted by molar-refractivity contribution is 5.78. The fourth-order valence-electron chi connectivity index (χ4n) is 4.39. The molecule has 2 heterocycles. The Morgan fingerprint density at radius 3 is 2.50 bits per heavy atom. The summed E-state index contributed by atoms with van der Waals surface area (Å²) in [6, 6.07) is 15.5. The van der Waals surface area contributed by atoms with Crippen LogP contribution in [0.15, 0.2) is 48.5 Å². The molecule has 2 saturated heterocycles. The van der Waals surface area contributed by atoms with E-state index in [1.54, 1.807) is 0 Å². The molecule has 0 bridgehead atoms. The summed E-state index contributed by atoms with van der Waals surface area (Å²) in [6.07, 6.45) is 2.11. The van der Waals surface area contributed by atoms with Crippen LogP contribution in [-0.2, 0) is 4.79 Å². The maximum absolute atomic E-state index is 13.2. The molecular formula is C23H28FN3O. The number of carbonyl (C=O) groups excluding carboxylic acids is 1. The highest BCUT2D eigenvalue weighted by Crippen LogP contribution is 2.31. The highest BCUT2D eigenvalue weighted by atomic mass is 19.1. The maximum Gasteiger partial charge on any atom is 0.236 e. The summed E-state index contributed by atoms with van der Waals surface area (Å²) in [5.41, 5.74) is 3.61. The van der Waals surface area contributed by atoms with Gasteiger partial charge in [0.2, 0.25) is 5.91 Å². The van der Waals surface area contributed by atoms with Crippen molar-refractivity contribution in [3.8, 4) is 0 Å². The Morgan fingerprint density at radius 2 is 1.79 bits per heavy atom. The molecule has 4 rings (SSSR count). The monoisotopic (exact) mass is 381 g/mol. The zero-order chi connectivity index (χ0) is 19.5. The van der Waals surface area contributed by atoms with Gasteiger partial charge >= 0.3 is 0 Å². The van der Waals surface area contributed by atoms with E-state index in [0.717, 1.165) is 51.1 Å².